The summed E-state index contributed by atoms with van der Waals surface area (Å²) < 4.78 is 11.0. The van der Waals surface area contributed by atoms with E-state index in [9.17, 15) is 0 Å². The van der Waals surface area contributed by atoms with E-state index in [2.05, 4.69) is 39.7 Å². The van der Waals surface area contributed by atoms with Gasteiger partial charge in [0, 0.05) is 30.6 Å². The number of guanidine groups is 1. The van der Waals surface area contributed by atoms with E-state index in [1.54, 1.807) is 13.4 Å². The first kappa shape index (κ1) is 23.7. The number of rotatable bonds is 8. The zero-order valence-corrected chi connectivity index (χ0v) is 20.0. The second kappa shape index (κ2) is 12.2. The van der Waals surface area contributed by atoms with E-state index >= 15 is 0 Å². The van der Waals surface area contributed by atoms with Gasteiger partial charge in [0.25, 0.3) is 0 Å². The first-order valence-electron chi connectivity index (χ1n) is 9.85. The molecule has 0 spiro atoms. The number of halogens is 1. The van der Waals surface area contributed by atoms with Crippen LogP contribution >= 0.6 is 24.0 Å². The molecule has 3 aromatic rings. The molecule has 3 rings (SSSR count). The third-order valence-electron chi connectivity index (χ3n) is 4.47. The van der Waals surface area contributed by atoms with Crippen molar-refractivity contribution in [3.63, 3.8) is 0 Å². The van der Waals surface area contributed by atoms with E-state index in [0.29, 0.717) is 19.0 Å². The third kappa shape index (κ3) is 6.76. The predicted molar refractivity (Wildman–Crippen MR) is 132 cm³/mol. The van der Waals surface area contributed by atoms with E-state index in [4.69, 9.17) is 9.15 Å². The highest BCUT2D eigenvalue weighted by atomic mass is 127. The maximum atomic E-state index is 5.63. The van der Waals surface area contributed by atoms with E-state index in [0.717, 1.165) is 41.5 Å². The summed E-state index contributed by atoms with van der Waals surface area (Å²) in [6, 6.07) is 16.1. The van der Waals surface area contributed by atoms with Crippen molar-refractivity contribution in [3.05, 3.63) is 71.6 Å². The Morgan fingerprint density at radius 1 is 1.10 bits per heavy atom. The first-order valence-corrected chi connectivity index (χ1v) is 9.85. The molecular weight excluding hydrogens is 491 g/mol. The Morgan fingerprint density at radius 2 is 1.87 bits per heavy atom. The van der Waals surface area contributed by atoms with Crippen LogP contribution in [0.3, 0.4) is 0 Å². The van der Waals surface area contributed by atoms with Crippen LogP contribution in [0.2, 0.25) is 0 Å². The van der Waals surface area contributed by atoms with E-state index in [-0.39, 0.29) is 24.0 Å². The van der Waals surface area contributed by atoms with Crippen LogP contribution in [-0.2, 0) is 13.0 Å². The number of oxazole rings is 1. The minimum Gasteiger partial charge on any atom is -0.496 e. The molecule has 7 heteroatoms. The second-order valence-electron chi connectivity index (χ2n) is 6.69. The molecular formula is C23H29IN4O2. The van der Waals surface area contributed by atoms with Gasteiger partial charge in [-0.1, -0.05) is 35.9 Å². The Kier molecular flexibility index (Phi) is 9.66. The monoisotopic (exact) mass is 520 g/mol. The summed E-state index contributed by atoms with van der Waals surface area (Å²) in [6.07, 6.45) is 2.46. The number of methoxy groups -OCH3 is 1. The molecule has 2 aromatic carbocycles. The van der Waals surface area contributed by atoms with Crippen molar-refractivity contribution in [1.82, 2.24) is 15.6 Å². The molecule has 0 unspecified atom stereocenters. The molecule has 2 N–H and O–H groups in total. The van der Waals surface area contributed by atoms with Crippen LogP contribution in [0.25, 0.3) is 11.5 Å². The van der Waals surface area contributed by atoms with E-state index in [1.165, 1.54) is 5.56 Å². The smallest absolute Gasteiger partial charge is 0.226 e. The highest BCUT2D eigenvalue weighted by Gasteiger charge is 2.07. The van der Waals surface area contributed by atoms with Gasteiger partial charge in [0.2, 0.25) is 5.89 Å². The Bertz CT molecular complexity index is 938. The molecule has 0 saturated heterocycles. The van der Waals surface area contributed by atoms with Crippen LogP contribution in [0.15, 0.2) is 64.2 Å². The number of aliphatic imine (C=N–C) groups is 1. The van der Waals surface area contributed by atoms with Gasteiger partial charge in [-0.3, -0.25) is 0 Å². The summed E-state index contributed by atoms with van der Waals surface area (Å²) in [5, 5.41) is 6.62. The van der Waals surface area contributed by atoms with Crippen LogP contribution in [0.5, 0.6) is 5.75 Å². The fourth-order valence-electron chi connectivity index (χ4n) is 2.90. The highest BCUT2D eigenvalue weighted by Crippen LogP contribution is 2.19. The fourth-order valence-corrected chi connectivity index (χ4v) is 2.90. The van der Waals surface area contributed by atoms with Crippen LogP contribution in [0.4, 0.5) is 0 Å². The number of ether oxygens (including phenoxy) is 1. The summed E-state index contributed by atoms with van der Waals surface area (Å²) in [4.78, 5) is 9.24. The summed E-state index contributed by atoms with van der Waals surface area (Å²) >= 11 is 0. The van der Waals surface area contributed by atoms with Crippen LogP contribution < -0.4 is 15.4 Å². The van der Waals surface area contributed by atoms with Gasteiger partial charge >= 0.3 is 0 Å². The van der Waals surface area contributed by atoms with Crippen molar-refractivity contribution in [2.24, 2.45) is 4.99 Å². The average Bonchev–Trinajstić information content (AvgIpc) is 3.21. The standard InChI is InChI=1S/C23H28N4O2.HI/c1-4-24-23(26-15-19-7-5-6-8-21(19)28-3)25-14-13-20-16-29-22(27-20)18-11-9-17(2)10-12-18;/h5-12,16H,4,13-15H2,1-3H3,(H2,24,25,26);1H. The zero-order chi connectivity index (χ0) is 20.5. The van der Waals surface area contributed by atoms with Gasteiger partial charge in [-0.15, -0.1) is 24.0 Å². The third-order valence-corrected chi connectivity index (χ3v) is 4.47. The minimum atomic E-state index is 0. The number of hydrogen-bond acceptors (Lipinski definition) is 4. The van der Waals surface area contributed by atoms with Crippen molar-refractivity contribution < 1.29 is 9.15 Å². The molecule has 0 aliphatic carbocycles. The molecule has 0 saturated carbocycles. The molecule has 160 valence electrons. The number of aromatic nitrogens is 1. The van der Waals surface area contributed by atoms with Gasteiger partial charge in [0.05, 0.1) is 19.3 Å². The number of hydrogen-bond donors (Lipinski definition) is 2. The molecule has 0 fully saturated rings. The first-order chi connectivity index (χ1) is 14.2. The largest absolute Gasteiger partial charge is 0.496 e. The van der Waals surface area contributed by atoms with Crippen LogP contribution in [0, 0.1) is 6.92 Å². The Balaban J connectivity index is 0.00000320. The van der Waals surface area contributed by atoms with Crippen molar-refractivity contribution >= 4 is 29.9 Å². The molecule has 0 atom stereocenters. The molecule has 1 aromatic heterocycles. The lowest BCUT2D eigenvalue weighted by molar-refractivity contribution is 0.410. The summed E-state index contributed by atoms with van der Waals surface area (Å²) in [5.41, 5.74) is 4.16. The molecule has 1 heterocycles. The van der Waals surface area contributed by atoms with Gasteiger partial charge in [0.1, 0.15) is 12.0 Å². The lowest BCUT2D eigenvalue weighted by atomic mass is 10.1. The van der Waals surface area contributed by atoms with Crippen LogP contribution in [0.1, 0.15) is 23.7 Å². The SMILES string of the molecule is CCNC(=NCc1ccccc1OC)NCCc1coc(-c2ccc(C)cc2)n1.I. The summed E-state index contributed by atoms with van der Waals surface area (Å²) in [5.74, 6) is 2.26. The molecule has 0 radical (unpaired) electrons. The average molecular weight is 520 g/mol. The van der Waals surface area contributed by atoms with E-state index in [1.807, 2.05) is 43.3 Å². The quantitative estimate of drug-likeness (QED) is 0.259. The molecule has 0 amide bonds. The molecule has 6 nitrogen and oxygen atoms in total. The molecule has 0 aliphatic heterocycles. The molecule has 0 aliphatic rings. The van der Waals surface area contributed by atoms with Crippen molar-refractivity contribution in [1.29, 1.82) is 0 Å². The van der Waals surface area contributed by atoms with Crippen molar-refractivity contribution in [2.45, 2.75) is 26.8 Å². The Morgan fingerprint density at radius 3 is 2.60 bits per heavy atom. The topological polar surface area (TPSA) is 71.7 Å². The number of nitrogens with one attached hydrogen (secondary N) is 2. The Labute approximate surface area is 195 Å². The number of nitrogens with zero attached hydrogens (tertiary/aromatic N) is 2. The molecule has 30 heavy (non-hydrogen) atoms. The van der Waals surface area contributed by atoms with Gasteiger partial charge in [-0.05, 0) is 32.0 Å². The fraction of sp³-hybridized carbons (Fsp3) is 0.304. The number of para-hydroxylation sites is 1. The lowest BCUT2D eigenvalue weighted by Crippen LogP contribution is -2.38. The van der Waals surface area contributed by atoms with Crippen LogP contribution in [-0.4, -0.2) is 31.1 Å². The molecule has 0 bridgehead atoms. The van der Waals surface area contributed by atoms with Gasteiger partial charge in [-0.25, -0.2) is 9.98 Å². The zero-order valence-electron chi connectivity index (χ0n) is 17.6. The normalized spacial score (nSPS) is 11.0. The lowest BCUT2D eigenvalue weighted by Gasteiger charge is -2.11. The summed E-state index contributed by atoms with van der Waals surface area (Å²) in [7, 11) is 1.68. The summed E-state index contributed by atoms with van der Waals surface area (Å²) in [6.45, 7) is 6.15. The predicted octanol–water partition coefficient (Wildman–Crippen LogP) is 4.57. The number of aryl methyl sites for hydroxylation is 1. The maximum absolute atomic E-state index is 5.63. The van der Waals surface area contributed by atoms with E-state index < -0.39 is 0 Å². The van der Waals surface area contributed by atoms with Crippen molar-refractivity contribution in [3.8, 4) is 17.2 Å². The second-order valence-corrected chi connectivity index (χ2v) is 6.69. The Hall–Kier alpha value is -2.55. The number of benzene rings is 2. The highest BCUT2D eigenvalue weighted by molar-refractivity contribution is 14.0. The minimum absolute atomic E-state index is 0. The van der Waals surface area contributed by atoms with Gasteiger partial charge < -0.3 is 19.8 Å². The van der Waals surface area contributed by atoms with Gasteiger partial charge in [0.15, 0.2) is 5.96 Å². The van der Waals surface area contributed by atoms with Crippen molar-refractivity contribution in [2.75, 3.05) is 20.2 Å². The van der Waals surface area contributed by atoms with Gasteiger partial charge in [-0.2, -0.15) is 0 Å². The maximum Gasteiger partial charge on any atom is 0.226 e.